The van der Waals surface area contributed by atoms with Crippen molar-refractivity contribution >= 4 is 60.4 Å². The molecule has 4 aromatic rings. The van der Waals surface area contributed by atoms with Crippen LogP contribution in [0.3, 0.4) is 0 Å². The number of imidazole rings is 2. The number of ether oxygens (including phenoxy) is 2. The highest BCUT2D eigenvalue weighted by Gasteiger charge is 2.54. The van der Waals surface area contributed by atoms with Crippen molar-refractivity contribution in [2.45, 2.75) is 49.3 Å². The second-order valence-electron chi connectivity index (χ2n) is 10.4. The maximum absolute atomic E-state index is 15.0. The summed E-state index contributed by atoms with van der Waals surface area (Å²) in [6.07, 6.45) is -3.39. The number of alkyl halides is 1. The van der Waals surface area contributed by atoms with Crippen LogP contribution in [0.2, 0.25) is 0 Å². The first-order chi connectivity index (χ1) is 21.7. The van der Waals surface area contributed by atoms with Crippen molar-refractivity contribution in [1.29, 1.82) is 0 Å². The van der Waals surface area contributed by atoms with Crippen molar-refractivity contribution in [2.24, 2.45) is 0 Å². The number of nitrogen functional groups attached to an aromatic ring is 2. The summed E-state index contributed by atoms with van der Waals surface area (Å²) in [6, 6.07) is 0. The molecule has 6 heterocycles. The molecular weight excluding hydrogens is 681 g/mol. The molecule has 0 spiro atoms. The van der Waals surface area contributed by atoms with Crippen LogP contribution in [-0.2, 0) is 39.4 Å². The number of rotatable bonds is 11. The molecule has 9 N–H and O–H groups in total. The van der Waals surface area contributed by atoms with E-state index in [0.717, 1.165) is 0 Å². The minimum absolute atomic E-state index is 0.0469. The molecule has 0 aliphatic carbocycles. The zero-order chi connectivity index (χ0) is 33.0. The fourth-order valence-electron chi connectivity index (χ4n) is 5.21. The Morgan fingerprint density at radius 2 is 1.80 bits per heavy atom. The average molecular weight is 709 g/mol. The number of hydrogen-bond donors (Lipinski definition) is 7. The van der Waals surface area contributed by atoms with Gasteiger partial charge >= 0.3 is 14.5 Å². The van der Waals surface area contributed by atoms with Crippen LogP contribution in [-0.4, -0.2) is 103 Å². The highest BCUT2D eigenvalue weighted by Crippen LogP contribution is 2.53. The summed E-state index contributed by atoms with van der Waals surface area (Å²) in [4.78, 5) is 64.5. The van der Waals surface area contributed by atoms with Gasteiger partial charge in [-0.3, -0.25) is 28.0 Å². The van der Waals surface area contributed by atoms with Crippen molar-refractivity contribution in [3.05, 3.63) is 29.3 Å². The molecule has 2 aliphatic heterocycles. The van der Waals surface area contributed by atoms with Gasteiger partial charge < -0.3 is 45.3 Å². The number of nitrogens with one attached hydrogen (secondary N) is 1. The van der Waals surface area contributed by atoms with Crippen molar-refractivity contribution in [1.82, 2.24) is 39.0 Å². The van der Waals surface area contributed by atoms with E-state index < -0.39 is 76.4 Å². The molecule has 0 amide bonds. The van der Waals surface area contributed by atoms with Gasteiger partial charge in [-0.2, -0.15) is 4.98 Å². The maximum Gasteiger partial charge on any atom is 0.472 e. The van der Waals surface area contributed by atoms with Crippen LogP contribution >= 0.6 is 14.5 Å². The third-order valence-electron chi connectivity index (χ3n) is 7.40. The van der Waals surface area contributed by atoms with Crippen LogP contribution < -0.4 is 17.0 Å². The van der Waals surface area contributed by atoms with Gasteiger partial charge in [0, 0.05) is 12.8 Å². The number of halogens is 1. The van der Waals surface area contributed by atoms with Crippen LogP contribution in [0.4, 0.5) is 16.2 Å². The van der Waals surface area contributed by atoms with E-state index in [2.05, 4.69) is 41.7 Å². The number of aliphatic hydroxyl groups excluding tert-OH is 1. The van der Waals surface area contributed by atoms with E-state index in [0.29, 0.717) is 0 Å². The Hall–Kier alpha value is -3.05. The van der Waals surface area contributed by atoms with Gasteiger partial charge in [0.2, 0.25) is 5.95 Å². The number of phosphoric acid groups is 1. The van der Waals surface area contributed by atoms with Crippen LogP contribution in [0.5, 0.6) is 0 Å². The van der Waals surface area contributed by atoms with E-state index in [-0.39, 0.29) is 46.9 Å². The summed E-state index contributed by atoms with van der Waals surface area (Å²) < 4.78 is 58.0. The molecule has 2 aliphatic rings. The van der Waals surface area contributed by atoms with Crippen LogP contribution in [0, 0.1) is 0 Å². The van der Waals surface area contributed by atoms with Crippen LogP contribution in [0.1, 0.15) is 25.3 Å². The molecule has 46 heavy (non-hydrogen) atoms. The summed E-state index contributed by atoms with van der Waals surface area (Å²) >= 11 is 4.51. The first kappa shape index (κ1) is 32.9. The lowest BCUT2D eigenvalue weighted by atomic mass is 9.99. The first-order valence-electron chi connectivity index (χ1n) is 13.3. The molecule has 0 aromatic carbocycles. The summed E-state index contributed by atoms with van der Waals surface area (Å²) in [5.74, 6) is -0.120. The van der Waals surface area contributed by atoms with E-state index in [1.165, 1.54) is 28.1 Å². The quantitative estimate of drug-likeness (QED) is 0.0931. The zero-order valence-electron chi connectivity index (χ0n) is 23.3. The summed E-state index contributed by atoms with van der Waals surface area (Å²) in [5, 5.41) is 10.4. The van der Waals surface area contributed by atoms with Crippen molar-refractivity contribution < 1.29 is 51.8 Å². The van der Waals surface area contributed by atoms with Gasteiger partial charge in [-0.1, -0.05) is 0 Å². The number of nitrogens with two attached hydrogens (primary N) is 2. The van der Waals surface area contributed by atoms with Gasteiger partial charge in [0.05, 0.1) is 32.5 Å². The fraction of sp³-hybridized carbons (Fsp3) is 0.524. The van der Waals surface area contributed by atoms with Crippen molar-refractivity contribution in [3.63, 3.8) is 0 Å². The van der Waals surface area contributed by atoms with Gasteiger partial charge in [0.15, 0.2) is 22.6 Å². The lowest BCUT2D eigenvalue weighted by molar-refractivity contribution is -0.144. The Morgan fingerprint density at radius 1 is 1.09 bits per heavy atom. The summed E-state index contributed by atoms with van der Waals surface area (Å²) in [7, 11) is -5.07. The third-order valence-corrected chi connectivity index (χ3v) is 9.18. The Labute approximate surface area is 261 Å². The van der Waals surface area contributed by atoms with E-state index >= 15 is 4.39 Å². The number of phosphoric ester groups is 1. The van der Waals surface area contributed by atoms with Gasteiger partial charge in [-0.15, -0.1) is 0 Å². The number of H-pyrrole nitrogens is 1. The Balaban J connectivity index is 1.18. The molecule has 2 unspecified atom stereocenters. The smallest absolute Gasteiger partial charge is 0.393 e. The highest BCUT2D eigenvalue weighted by atomic mass is 32.5. The zero-order valence-corrected chi connectivity index (χ0v) is 25.9. The molecule has 0 saturated carbocycles. The Bertz CT molecular complexity index is 1920. The molecule has 21 nitrogen and oxygen atoms in total. The molecular formula is C21H27FN10O11P2S. The number of hydrogen-bond acceptors (Lipinski definition) is 16. The van der Waals surface area contributed by atoms with Gasteiger partial charge in [0.1, 0.15) is 48.3 Å². The lowest BCUT2D eigenvalue weighted by Crippen LogP contribution is -2.48. The van der Waals surface area contributed by atoms with E-state index in [4.69, 9.17) is 34.5 Å². The minimum Gasteiger partial charge on any atom is -0.393 e. The molecule has 2 fully saturated rings. The van der Waals surface area contributed by atoms with Gasteiger partial charge in [-0.25, -0.2) is 28.9 Å². The van der Waals surface area contributed by atoms with Crippen LogP contribution in [0.15, 0.2) is 23.8 Å². The number of aromatic amines is 1. The Kier molecular flexibility index (Phi) is 8.72. The highest BCUT2D eigenvalue weighted by molar-refractivity contribution is 8.06. The molecule has 0 radical (unpaired) electrons. The monoisotopic (exact) mass is 708 g/mol. The van der Waals surface area contributed by atoms with Crippen molar-refractivity contribution in [2.75, 3.05) is 31.3 Å². The minimum atomic E-state index is -5.07. The number of aliphatic hydroxyl groups is 1. The second kappa shape index (κ2) is 12.2. The van der Waals surface area contributed by atoms with Gasteiger partial charge in [0.25, 0.3) is 5.56 Å². The van der Waals surface area contributed by atoms with E-state index in [1.54, 1.807) is 0 Å². The number of aromatic nitrogens is 8. The fourth-order valence-corrected chi connectivity index (χ4v) is 6.75. The molecule has 6 rings (SSSR count). The Morgan fingerprint density at radius 3 is 2.52 bits per heavy atom. The van der Waals surface area contributed by atoms with Crippen LogP contribution in [0.25, 0.3) is 22.3 Å². The maximum atomic E-state index is 15.0. The summed E-state index contributed by atoms with van der Waals surface area (Å²) in [5.41, 5.74) is 9.33. The van der Waals surface area contributed by atoms with E-state index in [1.807, 2.05) is 0 Å². The normalized spacial score (nSPS) is 28.3. The predicted molar refractivity (Wildman–Crippen MR) is 156 cm³/mol. The molecule has 25 heteroatoms. The van der Waals surface area contributed by atoms with E-state index in [9.17, 15) is 29.1 Å². The molecule has 2 saturated heterocycles. The number of anilines is 2. The molecule has 0 bridgehead atoms. The molecule has 7 atom stereocenters. The summed E-state index contributed by atoms with van der Waals surface area (Å²) in [6.45, 7) is -6.73. The second-order valence-corrected chi connectivity index (χ2v) is 14.5. The predicted octanol–water partition coefficient (Wildman–Crippen LogP) is -0.873. The third kappa shape index (κ3) is 6.41. The van der Waals surface area contributed by atoms with Gasteiger partial charge in [-0.05, 0) is 11.8 Å². The average Bonchev–Trinajstić information content (AvgIpc) is 3.75. The SMILES string of the molecule is Nc1nc2c(ncn2[C@H]2CC(F)[C@@H](COP(=O)(O)O[C@H]3C[C@H](n4cnc5c(N)ncnc54)O[C@]3(CO)COP(O)(O)=S)O2)c(=O)[nH]1. The lowest BCUT2D eigenvalue weighted by Gasteiger charge is -2.33. The first-order valence-corrected chi connectivity index (χ1v) is 17.4. The standard InChI is InChI=1S/C21H27FN10O11P2S/c22-9-1-12(31-8-28-15-18(31)29-20(24)30-19(15)34)41-10(9)3-39-44(35,36)43-11-2-13(42-21(11,4-33)5-40-45(37,38)46)32-7-27-14-16(23)25-6-26-17(14)32/h6-13,33H,1-5H2,(H,35,36)(H2,23,25,26)(H2,37,38,46)(H3,24,29,30,34)/t9?,10-,11+,12-,13-,21-/m1/s1. The molecule has 250 valence electrons. The largest absolute Gasteiger partial charge is 0.472 e. The van der Waals surface area contributed by atoms with Crippen molar-refractivity contribution in [3.8, 4) is 0 Å². The molecule has 4 aromatic heterocycles. The number of nitrogens with zero attached hydrogens (tertiary/aromatic N) is 7. The topological polar surface area (TPSA) is 303 Å². The number of fused-ring (bicyclic) bond motifs is 2.